The fourth-order valence-electron chi connectivity index (χ4n) is 1.93. The monoisotopic (exact) mass is 256 g/mol. The number of hydrogen-bond donors (Lipinski definition) is 1. The first-order chi connectivity index (χ1) is 8.02. The molecule has 0 aliphatic carbocycles. The maximum atomic E-state index is 9.37. The molecule has 1 aromatic carbocycles. The molecule has 0 aromatic heterocycles. The average molecular weight is 257 g/mol. The number of ether oxygens (including phenoxy) is 2. The molecule has 1 heterocycles. The average Bonchev–Trinajstić information content (AvgIpc) is 2.60. The lowest BCUT2D eigenvalue weighted by molar-refractivity contribution is 0.110. The van der Waals surface area contributed by atoms with Crippen molar-refractivity contribution in [2.24, 2.45) is 0 Å². The normalized spacial score (nSPS) is 18.4. The highest BCUT2D eigenvalue weighted by molar-refractivity contribution is 6.18. The first kappa shape index (κ1) is 12.5. The van der Waals surface area contributed by atoms with Crippen molar-refractivity contribution in [2.75, 3.05) is 12.5 Å². The summed E-state index contributed by atoms with van der Waals surface area (Å²) in [7, 11) is 0. The van der Waals surface area contributed by atoms with Gasteiger partial charge in [-0.2, -0.15) is 0 Å². The molecule has 1 unspecified atom stereocenters. The van der Waals surface area contributed by atoms with Crippen LogP contribution in [0.3, 0.4) is 0 Å². The Morgan fingerprint density at radius 1 is 1.53 bits per heavy atom. The Kier molecular flexibility index (Phi) is 3.50. The van der Waals surface area contributed by atoms with Crippen LogP contribution in [0.15, 0.2) is 18.2 Å². The fourth-order valence-corrected chi connectivity index (χ4v) is 2.02. The molecule has 2 rings (SSSR count). The third-order valence-electron chi connectivity index (χ3n) is 2.66. The summed E-state index contributed by atoms with van der Waals surface area (Å²) < 4.78 is 11.4. The molecule has 3 nitrogen and oxygen atoms in total. The van der Waals surface area contributed by atoms with Gasteiger partial charge in [0.2, 0.25) is 0 Å². The molecule has 1 N–H and O–H groups in total. The van der Waals surface area contributed by atoms with Crippen LogP contribution in [0.25, 0.3) is 0 Å². The number of para-hydroxylation sites is 1. The molecule has 1 aliphatic rings. The Balaban J connectivity index is 2.13. The highest BCUT2D eigenvalue weighted by Gasteiger charge is 2.32. The van der Waals surface area contributed by atoms with Crippen molar-refractivity contribution in [2.45, 2.75) is 32.0 Å². The number of rotatable bonds is 4. The minimum absolute atomic E-state index is 0.168. The van der Waals surface area contributed by atoms with Crippen molar-refractivity contribution in [3.63, 3.8) is 0 Å². The summed E-state index contributed by atoms with van der Waals surface area (Å²) in [4.78, 5) is 0. The van der Waals surface area contributed by atoms with Crippen molar-refractivity contribution in [3.8, 4) is 11.5 Å². The number of benzene rings is 1. The molecule has 0 radical (unpaired) electrons. The predicted molar refractivity (Wildman–Crippen MR) is 67.1 cm³/mol. The predicted octanol–water partition coefficient (Wildman–Crippen LogP) is 2.38. The van der Waals surface area contributed by atoms with Crippen LogP contribution < -0.4 is 9.47 Å². The van der Waals surface area contributed by atoms with Gasteiger partial charge in [-0.1, -0.05) is 12.1 Å². The van der Waals surface area contributed by atoms with Crippen molar-refractivity contribution < 1.29 is 14.6 Å². The molecule has 0 amide bonds. The minimum atomic E-state index is -0.651. The molecular weight excluding hydrogens is 240 g/mol. The number of fused-ring (bicyclic) bond motifs is 1. The second-order valence-electron chi connectivity index (χ2n) is 4.90. The van der Waals surface area contributed by atoms with Gasteiger partial charge in [0.15, 0.2) is 11.5 Å². The molecule has 1 aliphatic heterocycles. The quantitative estimate of drug-likeness (QED) is 0.841. The van der Waals surface area contributed by atoms with Crippen LogP contribution in [-0.2, 0) is 6.42 Å². The minimum Gasteiger partial charge on any atom is -0.487 e. The second kappa shape index (κ2) is 4.75. The van der Waals surface area contributed by atoms with E-state index in [9.17, 15) is 5.11 Å². The van der Waals surface area contributed by atoms with E-state index >= 15 is 0 Å². The first-order valence-electron chi connectivity index (χ1n) is 5.69. The van der Waals surface area contributed by atoms with Crippen LogP contribution in [0.5, 0.6) is 11.5 Å². The molecule has 1 atom stereocenters. The zero-order valence-corrected chi connectivity index (χ0v) is 10.8. The van der Waals surface area contributed by atoms with Gasteiger partial charge < -0.3 is 14.6 Å². The van der Waals surface area contributed by atoms with Crippen molar-refractivity contribution in [3.05, 3.63) is 23.8 Å². The van der Waals surface area contributed by atoms with E-state index in [0.29, 0.717) is 5.75 Å². The van der Waals surface area contributed by atoms with Gasteiger partial charge in [-0.05, 0) is 19.9 Å². The lowest BCUT2D eigenvalue weighted by Gasteiger charge is -2.18. The van der Waals surface area contributed by atoms with Gasteiger partial charge in [0.25, 0.3) is 0 Å². The topological polar surface area (TPSA) is 38.7 Å². The molecular formula is C13H17ClO3. The summed E-state index contributed by atoms with van der Waals surface area (Å²) in [5.74, 6) is 1.64. The van der Waals surface area contributed by atoms with Gasteiger partial charge in [-0.25, -0.2) is 0 Å². The highest BCUT2D eigenvalue weighted by atomic mass is 35.5. The summed E-state index contributed by atoms with van der Waals surface area (Å²) in [5.41, 5.74) is 0.959. The summed E-state index contributed by atoms with van der Waals surface area (Å²) in [6, 6.07) is 5.82. The molecule has 1 aromatic rings. The molecule has 94 valence electrons. The van der Waals surface area contributed by atoms with Crippen LogP contribution in [0.4, 0.5) is 0 Å². The molecule has 0 saturated carbocycles. The van der Waals surface area contributed by atoms with Gasteiger partial charge in [0, 0.05) is 12.0 Å². The summed E-state index contributed by atoms with van der Waals surface area (Å²) >= 11 is 5.52. The number of hydrogen-bond acceptors (Lipinski definition) is 3. The number of alkyl halides is 1. The van der Waals surface area contributed by atoms with E-state index < -0.39 is 6.10 Å². The standard InChI is InChI=1S/C13H17ClO3/c1-13(2)6-9-4-3-5-11(12(9)17-13)16-8-10(15)7-14/h3-5,10,15H,6-8H2,1-2H3. The van der Waals surface area contributed by atoms with Crippen LogP contribution in [-0.4, -0.2) is 29.3 Å². The maximum absolute atomic E-state index is 9.37. The molecule has 0 bridgehead atoms. The van der Waals surface area contributed by atoms with E-state index in [-0.39, 0.29) is 18.1 Å². The maximum Gasteiger partial charge on any atom is 0.165 e. The Morgan fingerprint density at radius 2 is 2.29 bits per heavy atom. The van der Waals surface area contributed by atoms with Crippen LogP contribution in [0.1, 0.15) is 19.4 Å². The number of aliphatic hydroxyl groups excluding tert-OH is 1. The molecule has 17 heavy (non-hydrogen) atoms. The Bertz CT molecular complexity index is 404. The summed E-state index contributed by atoms with van der Waals surface area (Å²) in [6.07, 6.45) is 0.222. The summed E-state index contributed by atoms with van der Waals surface area (Å²) in [5, 5.41) is 9.37. The lowest BCUT2D eigenvalue weighted by atomic mass is 10.0. The van der Waals surface area contributed by atoms with Gasteiger partial charge in [-0.3, -0.25) is 0 Å². The molecule has 0 saturated heterocycles. The van der Waals surface area contributed by atoms with E-state index in [1.807, 2.05) is 32.0 Å². The number of halogens is 1. The van der Waals surface area contributed by atoms with Crippen LogP contribution in [0, 0.1) is 0 Å². The molecule has 4 heteroatoms. The fraction of sp³-hybridized carbons (Fsp3) is 0.538. The zero-order valence-electron chi connectivity index (χ0n) is 10.1. The lowest BCUT2D eigenvalue weighted by Crippen LogP contribution is -2.25. The Labute approximate surface area is 106 Å². The highest BCUT2D eigenvalue weighted by Crippen LogP contribution is 2.41. The van der Waals surface area contributed by atoms with Crippen LogP contribution >= 0.6 is 11.6 Å². The summed E-state index contributed by atoms with van der Waals surface area (Å²) in [6.45, 7) is 4.28. The van der Waals surface area contributed by atoms with Gasteiger partial charge in [0.05, 0.1) is 5.88 Å². The zero-order chi connectivity index (χ0) is 12.5. The first-order valence-corrected chi connectivity index (χ1v) is 6.23. The molecule has 0 fully saturated rings. The Morgan fingerprint density at radius 3 is 3.00 bits per heavy atom. The Hall–Kier alpha value is -0.930. The smallest absolute Gasteiger partial charge is 0.165 e. The molecule has 0 spiro atoms. The van der Waals surface area contributed by atoms with E-state index in [2.05, 4.69) is 0 Å². The van der Waals surface area contributed by atoms with E-state index in [4.69, 9.17) is 21.1 Å². The third kappa shape index (κ3) is 2.85. The SMILES string of the molecule is CC1(C)Cc2cccc(OCC(O)CCl)c2O1. The van der Waals surface area contributed by atoms with Crippen molar-refractivity contribution in [1.29, 1.82) is 0 Å². The van der Waals surface area contributed by atoms with Crippen molar-refractivity contribution in [1.82, 2.24) is 0 Å². The van der Waals surface area contributed by atoms with E-state index in [1.165, 1.54) is 0 Å². The number of aliphatic hydroxyl groups is 1. The van der Waals surface area contributed by atoms with Gasteiger partial charge in [0.1, 0.15) is 18.3 Å². The largest absolute Gasteiger partial charge is 0.487 e. The second-order valence-corrected chi connectivity index (χ2v) is 5.21. The van der Waals surface area contributed by atoms with Gasteiger partial charge >= 0.3 is 0 Å². The van der Waals surface area contributed by atoms with Gasteiger partial charge in [-0.15, -0.1) is 11.6 Å². The van der Waals surface area contributed by atoms with Crippen LogP contribution in [0.2, 0.25) is 0 Å². The van der Waals surface area contributed by atoms with E-state index in [0.717, 1.165) is 17.7 Å². The third-order valence-corrected chi connectivity index (χ3v) is 3.02. The van der Waals surface area contributed by atoms with E-state index in [1.54, 1.807) is 0 Å². The van der Waals surface area contributed by atoms with Crippen molar-refractivity contribution >= 4 is 11.6 Å².